The predicted molar refractivity (Wildman–Crippen MR) is 75.8 cm³/mol. The van der Waals surface area contributed by atoms with Gasteiger partial charge in [0.2, 0.25) is 11.8 Å². The Labute approximate surface area is 120 Å². The first-order valence-corrected chi connectivity index (χ1v) is 6.51. The zero-order chi connectivity index (χ0) is 15.0. The van der Waals surface area contributed by atoms with Gasteiger partial charge in [-0.05, 0) is 36.8 Å². The van der Waals surface area contributed by atoms with Gasteiger partial charge in [0.1, 0.15) is 24.0 Å². The molecule has 0 saturated carbocycles. The number of benzene rings is 1. The maximum absolute atomic E-state index is 11.6. The molecular weight excluding hydrogens is 272 g/mol. The molecule has 1 aliphatic heterocycles. The van der Waals surface area contributed by atoms with Gasteiger partial charge in [-0.25, -0.2) is 0 Å². The van der Waals surface area contributed by atoms with Crippen molar-refractivity contribution in [3.63, 3.8) is 0 Å². The van der Waals surface area contributed by atoms with E-state index in [1.165, 1.54) is 0 Å². The third-order valence-electron chi connectivity index (χ3n) is 3.26. The fraction of sp³-hybridized carbons (Fsp3) is 0.200. The Kier molecular flexibility index (Phi) is 3.23. The number of aryl methyl sites for hydroxylation is 1. The first-order valence-electron chi connectivity index (χ1n) is 6.51. The summed E-state index contributed by atoms with van der Waals surface area (Å²) in [5.41, 5.74) is 1.54. The standard InChI is InChI=1S/C15H14N2O4/c1-8-2-5-12(21-8)15(20)9-3-4-10-11(6-9)17-14(19)7-13(18)16-10/h2-6,15,20H,7H2,1H3,(H,16,18)(H,17,19). The summed E-state index contributed by atoms with van der Waals surface area (Å²) in [5, 5.41) is 15.6. The van der Waals surface area contributed by atoms with E-state index in [-0.39, 0.29) is 18.2 Å². The third-order valence-corrected chi connectivity index (χ3v) is 3.26. The molecule has 0 saturated heterocycles. The van der Waals surface area contributed by atoms with Crippen molar-refractivity contribution in [3.8, 4) is 0 Å². The van der Waals surface area contributed by atoms with E-state index in [0.29, 0.717) is 28.5 Å². The zero-order valence-electron chi connectivity index (χ0n) is 11.3. The van der Waals surface area contributed by atoms with Crippen LogP contribution in [0.3, 0.4) is 0 Å². The summed E-state index contributed by atoms with van der Waals surface area (Å²) in [6.07, 6.45) is -1.15. The van der Waals surface area contributed by atoms with Crippen molar-refractivity contribution in [1.82, 2.24) is 0 Å². The van der Waals surface area contributed by atoms with Crippen molar-refractivity contribution in [2.75, 3.05) is 10.6 Å². The van der Waals surface area contributed by atoms with E-state index in [2.05, 4.69) is 10.6 Å². The largest absolute Gasteiger partial charge is 0.463 e. The molecule has 6 nitrogen and oxygen atoms in total. The van der Waals surface area contributed by atoms with E-state index < -0.39 is 6.10 Å². The summed E-state index contributed by atoms with van der Waals surface area (Å²) in [4.78, 5) is 23.0. The maximum Gasteiger partial charge on any atom is 0.233 e. The molecule has 0 aliphatic carbocycles. The van der Waals surface area contributed by atoms with Gasteiger partial charge in [-0.1, -0.05) is 6.07 Å². The van der Waals surface area contributed by atoms with Gasteiger partial charge in [-0.15, -0.1) is 0 Å². The summed E-state index contributed by atoms with van der Waals surface area (Å²) in [5.74, 6) is 0.392. The Balaban J connectivity index is 1.95. The van der Waals surface area contributed by atoms with Gasteiger partial charge in [-0.2, -0.15) is 0 Å². The van der Waals surface area contributed by atoms with E-state index in [1.807, 2.05) is 0 Å². The smallest absolute Gasteiger partial charge is 0.233 e. The maximum atomic E-state index is 11.6. The first kappa shape index (κ1) is 13.4. The molecule has 6 heteroatoms. The Bertz CT molecular complexity index is 720. The number of aliphatic hydroxyl groups excluding tert-OH is 1. The molecule has 0 radical (unpaired) electrons. The highest BCUT2D eigenvalue weighted by Crippen LogP contribution is 2.31. The summed E-state index contributed by atoms with van der Waals surface area (Å²) >= 11 is 0. The van der Waals surface area contributed by atoms with Crippen LogP contribution in [0, 0.1) is 6.92 Å². The summed E-state index contributed by atoms with van der Waals surface area (Å²) in [7, 11) is 0. The Hall–Kier alpha value is -2.60. The van der Waals surface area contributed by atoms with Crippen molar-refractivity contribution in [1.29, 1.82) is 0 Å². The van der Waals surface area contributed by atoms with Crippen molar-refractivity contribution in [3.05, 3.63) is 47.4 Å². The molecule has 1 aliphatic rings. The highest BCUT2D eigenvalue weighted by Gasteiger charge is 2.21. The van der Waals surface area contributed by atoms with Crippen molar-refractivity contribution in [2.24, 2.45) is 0 Å². The number of aliphatic hydroxyl groups is 1. The number of amides is 2. The monoisotopic (exact) mass is 286 g/mol. The molecule has 1 atom stereocenters. The summed E-state index contributed by atoms with van der Waals surface area (Å²) in [6, 6.07) is 8.42. The average Bonchev–Trinajstić information content (AvgIpc) is 2.79. The normalized spacial score (nSPS) is 15.7. The number of hydrogen-bond acceptors (Lipinski definition) is 4. The van der Waals surface area contributed by atoms with Crippen molar-refractivity contribution in [2.45, 2.75) is 19.4 Å². The summed E-state index contributed by atoms with van der Waals surface area (Å²) in [6.45, 7) is 1.79. The van der Waals surface area contributed by atoms with Crippen LogP contribution in [-0.2, 0) is 9.59 Å². The van der Waals surface area contributed by atoms with E-state index in [4.69, 9.17) is 4.42 Å². The van der Waals surface area contributed by atoms with E-state index in [1.54, 1.807) is 37.3 Å². The van der Waals surface area contributed by atoms with Crippen LogP contribution in [0.2, 0.25) is 0 Å². The van der Waals surface area contributed by atoms with E-state index in [0.717, 1.165) is 0 Å². The first-order chi connectivity index (χ1) is 10.0. The third kappa shape index (κ3) is 2.66. The van der Waals surface area contributed by atoms with Crippen LogP contribution in [0.4, 0.5) is 11.4 Å². The number of anilines is 2. The van der Waals surface area contributed by atoms with Gasteiger partial charge in [0, 0.05) is 0 Å². The number of carbonyl (C=O) groups excluding carboxylic acids is 2. The minimum Gasteiger partial charge on any atom is -0.463 e. The Morgan fingerprint density at radius 2 is 1.81 bits per heavy atom. The lowest BCUT2D eigenvalue weighted by Gasteiger charge is -2.12. The van der Waals surface area contributed by atoms with Crippen molar-refractivity contribution >= 4 is 23.2 Å². The van der Waals surface area contributed by atoms with Crippen LogP contribution in [0.5, 0.6) is 0 Å². The van der Waals surface area contributed by atoms with E-state index in [9.17, 15) is 14.7 Å². The van der Waals surface area contributed by atoms with Gasteiger partial charge >= 0.3 is 0 Å². The number of furan rings is 1. The average molecular weight is 286 g/mol. The quantitative estimate of drug-likeness (QED) is 0.736. The minimum atomic E-state index is -0.931. The molecule has 2 amide bonds. The molecule has 108 valence electrons. The molecule has 3 rings (SSSR count). The molecule has 0 bridgehead atoms. The van der Waals surface area contributed by atoms with Gasteiger partial charge in [0.25, 0.3) is 0 Å². The Morgan fingerprint density at radius 3 is 2.48 bits per heavy atom. The van der Waals surface area contributed by atoms with Gasteiger partial charge in [-0.3, -0.25) is 9.59 Å². The van der Waals surface area contributed by atoms with Crippen molar-refractivity contribution < 1.29 is 19.1 Å². The highest BCUT2D eigenvalue weighted by atomic mass is 16.4. The molecular formula is C15H14N2O4. The summed E-state index contributed by atoms with van der Waals surface area (Å²) < 4.78 is 5.40. The van der Waals surface area contributed by atoms with Crippen LogP contribution < -0.4 is 10.6 Å². The minimum absolute atomic E-state index is 0.218. The number of rotatable bonds is 2. The molecule has 3 N–H and O–H groups in total. The van der Waals surface area contributed by atoms with Crippen LogP contribution in [0.25, 0.3) is 0 Å². The lowest BCUT2D eigenvalue weighted by atomic mass is 10.1. The van der Waals surface area contributed by atoms with Crippen LogP contribution in [0.1, 0.15) is 29.6 Å². The topological polar surface area (TPSA) is 91.6 Å². The van der Waals surface area contributed by atoms with Crippen LogP contribution in [0.15, 0.2) is 34.7 Å². The number of fused-ring (bicyclic) bond motifs is 1. The van der Waals surface area contributed by atoms with Gasteiger partial charge in [0.15, 0.2) is 0 Å². The van der Waals surface area contributed by atoms with Gasteiger partial charge in [0.05, 0.1) is 11.4 Å². The lowest BCUT2D eigenvalue weighted by molar-refractivity contribution is -0.123. The molecule has 1 unspecified atom stereocenters. The SMILES string of the molecule is Cc1ccc(C(O)c2ccc3c(c2)NC(=O)CC(=O)N3)o1. The predicted octanol–water partition coefficient (Wildman–Crippen LogP) is 1.95. The molecule has 1 aromatic heterocycles. The second-order valence-electron chi connectivity index (χ2n) is 4.93. The number of nitrogens with one attached hydrogen (secondary N) is 2. The molecule has 21 heavy (non-hydrogen) atoms. The molecule has 0 fully saturated rings. The molecule has 0 spiro atoms. The van der Waals surface area contributed by atoms with E-state index >= 15 is 0 Å². The molecule has 2 aromatic rings. The number of carbonyl (C=O) groups is 2. The van der Waals surface area contributed by atoms with Crippen LogP contribution >= 0.6 is 0 Å². The van der Waals surface area contributed by atoms with Crippen LogP contribution in [-0.4, -0.2) is 16.9 Å². The fourth-order valence-corrected chi connectivity index (χ4v) is 2.24. The van der Waals surface area contributed by atoms with Gasteiger partial charge < -0.3 is 20.2 Å². The zero-order valence-corrected chi connectivity index (χ0v) is 11.3. The highest BCUT2D eigenvalue weighted by molar-refractivity contribution is 6.13. The molecule has 1 aromatic carbocycles. The second-order valence-corrected chi connectivity index (χ2v) is 4.93. The molecule has 2 heterocycles. The lowest BCUT2D eigenvalue weighted by Crippen LogP contribution is -2.16. The fourth-order valence-electron chi connectivity index (χ4n) is 2.24. The number of hydrogen-bond donors (Lipinski definition) is 3. The second kappa shape index (κ2) is 5.06. The Morgan fingerprint density at radius 1 is 1.10 bits per heavy atom.